The molecule has 2 aliphatic carbocycles. The smallest absolute Gasteiger partial charge is 0.279 e. The van der Waals surface area contributed by atoms with E-state index in [4.69, 9.17) is 0 Å². The molecule has 0 aromatic rings. The first-order valence-corrected chi connectivity index (χ1v) is 8.99. The third kappa shape index (κ3) is 3.68. The van der Waals surface area contributed by atoms with Crippen molar-refractivity contribution < 1.29 is 8.42 Å². The quantitative estimate of drug-likeness (QED) is 0.756. The normalized spacial score (nSPS) is 36.4. The van der Waals surface area contributed by atoms with Crippen molar-refractivity contribution >= 4 is 10.2 Å². The van der Waals surface area contributed by atoms with Gasteiger partial charge in [0.1, 0.15) is 0 Å². The van der Waals surface area contributed by atoms with Crippen LogP contribution in [0.5, 0.6) is 0 Å². The Kier molecular flexibility index (Phi) is 3.86. The summed E-state index contributed by atoms with van der Waals surface area (Å²) in [6.45, 7) is 4.41. The van der Waals surface area contributed by atoms with E-state index in [1.165, 1.54) is 12.8 Å². The largest absolute Gasteiger partial charge is 0.314 e. The van der Waals surface area contributed by atoms with Crippen molar-refractivity contribution in [2.24, 2.45) is 11.8 Å². The Balaban J connectivity index is 1.51. The molecule has 2 saturated carbocycles. The fourth-order valence-electron chi connectivity index (χ4n) is 2.78. The molecule has 3 fully saturated rings. The maximum Gasteiger partial charge on any atom is 0.279 e. The van der Waals surface area contributed by atoms with Gasteiger partial charge in [-0.3, -0.25) is 0 Å². The van der Waals surface area contributed by atoms with Gasteiger partial charge in [-0.1, -0.05) is 6.92 Å². The molecule has 0 spiro atoms. The summed E-state index contributed by atoms with van der Waals surface area (Å²) in [5.74, 6) is 0.981. The van der Waals surface area contributed by atoms with Gasteiger partial charge in [-0.15, -0.1) is 0 Å². The van der Waals surface area contributed by atoms with Crippen LogP contribution in [-0.4, -0.2) is 44.4 Å². The molecular weight excluding hydrogens is 262 g/mol. The summed E-state index contributed by atoms with van der Waals surface area (Å²) < 4.78 is 29.0. The van der Waals surface area contributed by atoms with Gasteiger partial charge in [0.25, 0.3) is 10.2 Å². The lowest BCUT2D eigenvalue weighted by molar-refractivity contribution is 0.257. The number of piperidine rings is 1. The van der Waals surface area contributed by atoms with E-state index in [9.17, 15) is 8.42 Å². The van der Waals surface area contributed by atoms with E-state index < -0.39 is 10.2 Å². The Morgan fingerprint density at radius 1 is 1.26 bits per heavy atom. The Labute approximate surface area is 116 Å². The zero-order chi connectivity index (χ0) is 13.5. The highest BCUT2D eigenvalue weighted by molar-refractivity contribution is 7.87. The van der Waals surface area contributed by atoms with Crippen molar-refractivity contribution in [2.45, 2.75) is 51.1 Å². The third-order valence-electron chi connectivity index (χ3n) is 4.50. The van der Waals surface area contributed by atoms with E-state index in [2.05, 4.69) is 17.0 Å². The van der Waals surface area contributed by atoms with Crippen LogP contribution in [0.4, 0.5) is 0 Å². The minimum Gasteiger partial charge on any atom is -0.314 e. The predicted octanol–water partition coefficient (Wildman–Crippen LogP) is 0.693. The molecule has 3 rings (SSSR count). The molecular formula is C13H25N3O2S. The van der Waals surface area contributed by atoms with E-state index in [0.717, 1.165) is 25.8 Å². The standard InChI is InChI=1S/C13H25N3O2S/c1-10-7-13(10)15-19(17,18)16-6-2-3-11(9-16)8-14-12-4-5-12/h10-15H,2-9H2,1H3. The first-order chi connectivity index (χ1) is 9.04. The number of rotatable bonds is 6. The molecule has 2 N–H and O–H groups in total. The highest BCUT2D eigenvalue weighted by Gasteiger charge is 2.39. The van der Waals surface area contributed by atoms with E-state index in [1.807, 2.05) is 0 Å². The molecule has 0 aromatic heterocycles. The zero-order valence-electron chi connectivity index (χ0n) is 11.6. The van der Waals surface area contributed by atoms with E-state index in [0.29, 0.717) is 31.0 Å². The average molecular weight is 287 g/mol. The number of nitrogens with one attached hydrogen (secondary N) is 2. The number of hydrogen-bond donors (Lipinski definition) is 2. The molecule has 3 aliphatic rings. The molecule has 6 heteroatoms. The molecule has 1 aliphatic heterocycles. The van der Waals surface area contributed by atoms with Crippen LogP contribution in [0.2, 0.25) is 0 Å². The summed E-state index contributed by atoms with van der Waals surface area (Å²) >= 11 is 0. The van der Waals surface area contributed by atoms with Crippen molar-refractivity contribution in [3.63, 3.8) is 0 Å². The van der Waals surface area contributed by atoms with Crippen molar-refractivity contribution in [1.82, 2.24) is 14.3 Å². The summed E-state index contributed by atoms with van der Waals surface area (Å²) in [5, 5.41) is 3.52. The van der Waals surface area contributed by atoms with Crippen molar-refractivity contribution in [2.75, 3.05) is 19.6 Å². The maximum absolute atomic E-state index is 12.3. The van der Waals surface area contributed by atoms with Crippen LogP contribution in [0.25, 0.3) is 0 Å². The fourth-order valence-corrected chi connectivity index (χ4v) is 4.42. The molecule has 19 heavy (non-hydrogen) atoms. The van der Waals surface area contributed by atoms with Crippen molar-refractivity contribution in [1.29, 1.82) is 0 Å². The Bertz CT molecular complexity index is 422. The van der Waals surface area contributed by atoms with Crippen LogP contribution in [0.1, 0.15) is 39.0 Å². The van der Waals surface area contributed by atoms with E-state index in [-0.39, 0.29) is 6.04 Å². The third-order valence-corrected chi connectivity index (χ3v) is 6.12. The SMILES string of the molecule is CC1CC1NS(=O)(=O)N1CCCC(CNC2CC2)C1. The first-order valence-electron chi connectivity index (χ1n) is 7.55. The van der Waals surface area contributed by atoms with E-state index >= 15 is 0 Å². The molecule has 0 amide bonds. The summed E-state index contributed by atoms with van der Waals surface area (Å²) in [4.78, 5) is 0. The zero-order valence-corrected chi connectivity index (χ0v) is 12.5. The molecule has 1 heterocycles. The minimum atomic E-state index is -3.25. The Morgan fingerprint density at radius 3 is 2.63 bits per heavy atom. The topological polar surface area (TPSA) is 61.4 Å². The van der Waals surface area contributed by atoms with Gasteiger partial charge in [-0.25, -0.2) is 0 Å². The van der Waals surface area contributed by atoms with Gasteiger partial charge in [0.15, 0.2) is 0 Å². The van der Waals surface area contributed by atoms with Crippen molar-refractivity contribution in [3.8, 4) is 0 Å². The highest BCUT2D eigenvalue weighted by Crippen LogP contribution is 2.30. The molecule has 110 valence electrons. The van der Waals surface area contributed by atoms with Crippen LogP contribution in [0.15, 0.2) is 0 Å². The van der Waals surface area contributed by atoms with Crippen LogP contribution in [0.3, 0.4) is 0 Å². The molecule has 0 bridgehead atoms. The Morgan fingerprint density at radius 2 is 2.00 bits per heavy atom. The monoisotopic (exact) mass is 287 g/mol. The van der Waals surface area contributed by atoms with Gasteiger partial charge < -0.3 is 5.32 Å². The van der Waals surface area contributed by atoms with Crippen molar-refractivity contribution in [3.05, 3.63) is 0 Å². The lowest BCUT2D eigenvalue weighted by Crippen LogP contribution is -2.48. The maximum atomic E-state index is 12.3. The highest BCUT2D eigenvalue weighted by atomic mass is 32.2. The second-order valence-electron chi connectivity index (χ2n) is 6.49. The molecule has 0 radical (unpaired) electrons. The summed E-state index contributed by atoms with van der Waals surface area (Å²) in [7, 11) is -3.25. The lowest BCUT2D eigenvalue weighted by Gasteiger charge is -2.32. The molecule has 5 nitrogen and oxygen atoms in total. The minimum absolute atomic E-state index is 0.176. The number of nitrogens with zero attached hydrogens (tertiary/aromatic N) is 1. The summed E-state index contributed by atoms with van der Waals surface area (Å²) in [5.41, 5.74) is 0. The van der Waals surface area contributed by atoms with Gasteiger partial charge in [0, 0.05) is 25.2 Å². The fraction of sp³-hybridized carbons (Fsp3) is 1.00. The molecule has 3 unspecified atom stereocenters. The second-order valence-corrected chi connectivity index (χ2v) is 8.19. The van der Waals surface area contributed by atoms with Gasteiger partial charge in [0.2, 0.25) is 0 Å². The van der Waals surface area contributed by atoms with Gasteiger partial charge in [-0.2, -0.15) is 17.4 Å². The molecule has 3 atom stereocenters. The van der Waals surface area contributed by atoms with Gasteiger partial charge in [-0.05, 0) is 50.5 Å². The second kappa shape index (κ2) is 5.31. The average Bonchev–Trinajstić information content (AvgIpc) is 3.27. The van der Waals surface area contributed by atoms with E-state index in [1.54, 1.807) is 4.31 Å². The first kappa shape index (κ1) is 13.8. The van der Waals surface area contributed by atoms with Crippen LogP contribution in [-0.2, 0) is 10.2 Å². The van der Waals surface area contributed by atoms with Crippen LogP contribution in [0, 0.1) is 11.8 Å². The van der Waals surface area contributed by atoms with Gasteiger partial charge >= 0.3 is 0 Å². The molecule has 1 saturated heterocycles. The van der Waals surface area contributed by atoms with Crippen LogP contribution < -0.4 is 10.0 Å². The van der Waals surface area contributed by atoms with Crippen LogP contribution >= 0.6 is 0 Å². The molecule has 0 aromatic carbocycles. The number of hydrogen-bond acceptors (Lipinski definition) is 3. The lowest BCUT2D eigenvalue weighted by atomic mass is 10.00. The Hall–Kier alpha value is -0.170. The predicted molar refractivity (Wildman–Crippen MR) is 74.9 cm³/mol. The summed E-state index contributed by atoms with van der Waals surface area (Å²) in [6, 6.07) is 0.882. The van der Waals surface area contributed by atoms with Gasteiger partial charge in [0.05, 0.1) is 0 Å². The summed E-state index contributed by atoms with van der Waals surface area (Å²) in [6.07, 6.45) is 5.69.